The van der Waals surface area contributed by atoms with Gasteiger partial charge in [0, 0.05) is 40.6 Å². The van der Waals surface area contributed by atoms with Crippen LogP contribution in [-0.2, 0) is 4.79 Å². The van der Waals surface area contributed by atoms with Crippen molar-refractivity contribution < 1.29 is 4.79 Å². The van der Waals surface area contributed by atoms with Crippen LogP contribution in [0.15, 0.2) is 95.8 Å². The maximum absolute atomic E-state index is 12.5. The summed E-state index contributed by atoms with van der Waals surface area (Å²) in [5, 5.41) is 5.85. The van der Waals surface area contributed by atoms with E-state index in [1.54, 1.807) is 26.4 Å². The number of fused-ring (bicyclic) bond motifs is 1. The Morgan fingerprint density at radius 1 is 1.03 bits per heavy atom. The molecule has 2 aliphatic rings. The highest BCUT2D eigenvalue weighted by atomic mass is 16.2. The molecule has 6 heteroatoms. The van der Waals surface area contributed by atoms with E-state index >= 15 is 0 Å². The van der Waals surface area contributed by atoms with Gasteiger partial charge in [0.2, 0.25) is 5.91 Å². The average Bonchev–Trinajstić information content (AvgIpc) is 3.31. The molecule has 2 unspecified atom stereocenters. The van der Waals surface area contributed by atoms with E-state index in [-0.39, 0.29) is 17.9 Å². The number of nitrogens with one attached hydrogen (secondary N) is 2. The zero-order valence-corrected chi connectivity index (χ0v) is 21.0. The lowest BCUT2D eigenvalue weighted by atomic mass is 9.84. The van der Waals surface area contributed by atoms with Crippen molar-refractivity contribution in [3.8, 4) is 11.8 Å². The molecule has 2 N–H and O–H groups in total. The second-order valence-electron chi connectivity index (χ2n) is 8.97. The number of hydrogen-bond donors (Lipinski definition) is 2. The van der Waals surface area contributed by atoms with Crippen molar-refractivity contribution in [2.24, 2.45) is 10.9 Å². The number of pyridine rings is 2. The summed E-state index contributed by atoms with van der Waals surface area (Å²) in [6.45, 7) is 3.87. The lowest BCUT2D eigenvalue weighted by Gasteiger charge is -2.18. The third-order valence-electron chi connectivity index (χ3n) is 6.37. The predicted molar refractivity (Wildman–Crippen MR) is 149 cm³/mol. The number of allylic oxidation sites excluding steroid dienone is 5. The summed E-state index contributed by atoms with van der Waals surface area (Å²) in [6, 6.07) is 17.2. The van der Waals surface area contributed by atoms with Crippen LogP contribution in [0.4, 0.5) is 5.82 Å². The van der Waals surface area contributed by atoms with E-state index in [9.17, 15) is 4.79 Å². The number of benzene rings is 1. The first-order chi connectivity index (χ1) is 18.0. The number of carbonyl (C=O) groups excluding carboxylic acids is 1. The minimum atomic E-state index is -0.352. The smallest absolute Gasteiger partial charge is 0.242 e. The lowest BCUT2D eigenvalue weighted by Crippen LogP contribution is -2.35. The summed E-state index contributed by atoms with van der Waals surface area (Å²) in [5.74, 6) is 6.78. The highest BCUT2D eigenvalue weighted by Crippen LogP contribution is 2.43. The van der Waals surface area contributed by atoms with Gasteiger partial charge in [-0.05, 0) is 74.9 Å². The number of amides is 1. The Balaban J connectivity index is 1.66. The van der Waals surface area contributed by atoms with Crippen LogP contribution in [0.25, 0.3) is 11.3 Å². The molecule has 182 valence electrons. The second-order valence-corrected chi connectivity index (χ2v) is 8.97. The van der Waals surface area contributed by atoms with Crippen molar-refractivity contribution in [1.82, 2.24) is 15.3 Å². The SMILES string of the molecule is CNC(C)C(=O)Nc1ccc(C2=C(c3ccncc3)N=C3C=C(C)C=CC32)c(C#Cc2ccccc2)n1. The number of aromatic nitrogens is 2. The van der Waals surface area contributed by atoms with Gasteiger partial charge in [0.1, 0.15) is 11.5 Å². The molecule has 0 saturated heterocycles. The van der Waals surface area contributed by atoms with Crippen molar-refractivity contribution in [2.75, 3.05) is 12.4 Å². The largest absolute Gasteiger partial charge is 0.309 e. The molecule has 0 spiro atoms. The fourth-order valence-corrected chi connectivity index (χ4v) is 4.29. The third-order valence-corrected chi connectivity index (χ3v) is 6.37. The van der Waals surface area contributed by atoms with Crippen molar-refractivity contribution in [3.05, 3.63) is 113 Å². The molecule has 5 rings (SSSR count). The van der Waals surface area contributed by atoms with E-state index < -0.39 is 0 Å². The normalized spacial score (nSPS) is 16.8. The number of rotatable bonds is 5. The Labute approximate surface area is 217 Å². The zero-order valence-electron chi connectivity index (χ0n) is 21.0. The zero-order chi connectivity index (χ0) is 25.8. The summed E-state index contributed by atoms with van der Waals surface area (Å²) in [5.41, 5.74) is 7.39. The predicted octanol–water partition coefficient (Wildman–Crippen LogP) is 4.88. The van der Waals surface area contributed by atoms with Crippen molar-refractivity contribution in [3.63, 3.8) is 0 Å². The van der Waals surface area contributed by atoms with Gasteiger partial charge in [-0.15, -0.1) is 0 Å². The number of carbonyl (C=O) groups is 1. The van der Waals surface area contributed by atoms with Crippen LogP contribution in [0, 0.1) is 17.8 Å². The molecule has 6 nitrogen and oxygen atoms in total. The van der Waals surface area contributed by atoms with Gasteiger partial charge in [0.15, 0.2) is 0 Å². The molecule has 1 aliphatic carbocycles. The lowest BCUT2D eigenvalue weighted by molar-refractivity contribution is -0.117. The molecule has 1 amide bonds. The molecule has 1 aromatic carbocycles. The van der Waals surface area contributed by atoms with Crippen molar-refractivity contribution >= 4 is 28.7 Å². The van der Waals surface area contributed by atoms with Gasteiger partial charge in [0.25, 0.3) is 0 Å². The van der Waals surface area contributed by atoms with E-state index in [1.807, 2.05) is 54.6 Å². The van der Waals surface area contributed by atoms with Crippen LogP contribution < -0.4 is 10.6 Å². The third kappa shape index (κ3) is 5.18. The molecular formula is C31H27N5O. The Kier molecular flexibility index (Phi) is 6.89. The van der Waals surface area contributed by atoms with E-state index in [0.717, 1.165) is 39.2 Å². The van der Waals surface area contributed by atoms with Crippen LogP contribution in [0.1, 0.15) is 36.2 Å². The molecule has 2 aromatic heterocycles. The summed E-state index contributed by atoms with van der Waals surface area (Å²) < 4.78 is 0. The maximum Gasteiger partial charge on any atom is 0.242 e. The van der Waals surface area contributed by atoms with Crippen molar-refractivity contribution in [1.29, 1.82) is 0 Å². The molecule has 37 heavy (non-hydrogen) atoms. The second kappa shape index (κ2) is 10.6. The van der Waals surface area contributed by atoms with Gasteiger partial charge >= 0.3 is 0 Å². The Morgan fingerprint density at radius 3 is 2.57 bits per heavy atom. The summed E-state index contributed by atoms with van der Waals surface area (Å²) in [4.78, 5) is 26.6. The van der Waals surface area contributed by atoms with Gasteiger partial charge in [-0.25, -0.2) is 4.98 Å². The van der Waals surface area contributed by atoms with Crippen LogP contribution in [-0.4, -0.2) is 34.7 Å². The van der Waals surface area contributed by atoms with Gasteiger partial charge in [0.05, 0.1) is 17.5 Å². The van der Waals surface area contributed by atoms with Crippen LogP contribution in [0.2, 0.25) is 0 Å². The van der Waals surface area contributed by atoms with Crippen LogP contribution >= 0.6 is 0 Å². The Bertz CT molecular complexity index is 1520. The fourth-order valence-electron chi connectivity index (χ4n) is 4.29. The monoisotopic (exact) mass is 485 g/mol. The highest BCUT2D eigenvalue weighted by molar-refractivity contribution is 6.18. The van der Waals surface area contributed by atoms with E-state index in [2.05, 4.69) is 52.6 Å². The summed E-state index contributed by atoms with van der Waals surface area (Å²) in [6.07, 6.45) is 9.96. The fraction of sp³-hybridized carbons (Fsp3) is 0.161. The minimum absolute atomic E-state index is 0.0179. The molecule has 0 bridgehead atoms. The standard InChI is InChI=1S/C31H27N5O/c1-20-9-11-25-27(19-20)35-30(23-15-17-33-18-16-23)29(25)24-12-14-28(36-31(37)21(2)32-3)34-26(24)13-10-22-7-5-4-6-8-22/h4-9,11-12,14-19,21,25,32H,1-3H3,(H,34,36,37). The minimum Gasteiger partial charge on any atom is -0.309 e. The number of likely N-dealkylation sites (N-methyl/N-ethyl adjacent to an activating group) is 1. The Morgan fingerprint density at radius 2 is 1.81 bits per heavy atom. The van der Waals surface area contributed by atoms with E-state index in [0.29, 0.717) is 11.5 Å². The molecule has 1 aliphatic heterocycles. The molecule has 3 aromatic rings. The van der Waals surface area contributed by atoms with Gasteiger partial charge in [-0.3, -0.25) is 14.8 Å². The number of aliphatic imine (C=N–C) groups is 1. The van der Waals surface area contributed by atoms with Gasteiger partial charge in [-0.1, -0.05) is 36.3 Å². The topological polar surface area (TPSA) is 79.3 Å². The number of anilines is 1. The van der Waals surface area contributed by atoms with Crippen molar-refractivity contribution in [2.45, 2.75) is 19.9 Å². The first-order valence-electron chi connectivity index (χ1n) is 12.2. The van der Waals surface area contributed by atoms with Crippen LogP contribution in [0.5, 0.6) is 0 Å². The highest BCUT2D eigenvalue weighted by Gasteiger charge is 2.32. The average molecular weight is 486 g/mol. The number of hydrogen-bond acceptors (Lipinski definition) is 5. The maximum atomic E-state index is 12.5. The van der Waals surface area contributed by atoms with Gasteiger partial charge < -0.3 is 10.6 Å². The number of nitrogens with zero attached hydrogens (tertiary/aromatic N) is 3. The van der Waals surface area contributed by atoms with Gasteiger partial charge in [-0.2, -0.15) is 0 Å². The quantitative estimate of drug-likeness (QED) is 0.505. The van der Waals surface area contributed by atoms with Crippen LogP contribution in [0.3, 0.4) is 0 Å². The molecule has 2 atom stereocenters. The summed E-state index contributed by atoms with van der Waals surface area (Å²) in [7, 11) is 1.75. The molecule has 0 radical (unpaired) electrons. The molecule has 3 heterocycles. The molecule has 0 saturated carbocycles. The first kappa shape index (κ1) is 24.1. The Hall–Kier alpha value is -4.60. The van der Waals surface area contributed by atoms with E-state index in [4.69, 9.17) is 9.98 Å². The first-order valence-corrected chi connectivity index (χ1v) is 12.2. The van der Waals surface area contributed by atoms with E-state index in [1.165, 1.54) is 0 Å². The summed E-state index contributed by atoms with van der Waals surface area (Å²) >= 11 is 0. The molecule has 0 fully saturated rings. The molecular weight excluding hydrogens is 458 g/mol.